The molecule has 0 N–H and O–H groups in total. The number of ether oxygens (including phenoxy) is 1. The minimum atomic E-state index is 0.108. The first kappa shape index (κ1) is 28.0. The predicted octanol–water partition coefficient (Wildman–Crippen LogP) is 7.91. The molecule has 6 heteroatoms. The van der Waals surface area contributed by atoms with Gasteiger partial charge in [-0.15, -0.1) is 0 Å². The van der Waals surface area contributed by atoms with Gasteiger partial charge in [0, 0.05) is 30.9 Å². The molecule has 3 aromatic rings. The van der Waals surface area contributed by atoms with E-state index in [-0.39, 0.29) is 22.7 Å². The van der Waals surface area contributed by atoms with Crippen LogP contribution in [-0.4, -0.2) is 34.3 Å². The Morgan fingerprint density at radius 1 is 1.02 bits per heavy atom. The number of hydrogen-bond acceptors (Lipinski definition) is 4. The third-order valence-corrected chi connectivity index (χ3v) is 10.6. The quantitative estimate of drug-likeness (QED) is 0.284. The van der Waals surface area contributed by atoms with Crippen molar-refractivity contribution in [3.8, 4) is 11.4 Å². The molecule has 1 amide bonds. The van der Waals surface area contributed by atoms with E-state index in [4.69, 9.17) is 14.8 Å². The van der Waals surface area contributed by atoms with Crippen LogP contribution in [0.5, 0.6) is 5.75 Å². The molecule has 0 radical (unpaired) electrons. The second-order valence-corrected chi connectivity index (χ2v) is 13.4. The molecule has 218 valence electrons. The number of carbonyl (C=O) groups excluding carboxylic acids is 1. The largest absolute Gasteiger partial charge is 0.496 e. The highest BCUT2D eigenvalue weighted by molar-refractivity contribution is 5.94. The Labute approximate surface area is 245 Å². The molecular weight excluding hydrogens is 508 g/mol. The van der Waals surface area contributed by atoms with Gasteiger partial charge in [0.1, 0.15) is 11.6 Å². The van der Waals surface area contributed by atoms with Gasteiger partial charge in [0.25, 0.3) is 0 Å². The van der Waals surface area contributed by atoms with Gasteiger partial charge in [-0.05, 0) is 104 Å². The predicted molar refractivity (Wildman–Crippen MR) is 164 cm³/mol. The number of hydrogen-bond donors (Lipinski definition) is 0. The van der Waals surface area contributed by atoms with Crippen LogP contribution in [0.1, 0.15) is 107 Å². The highest BCUT2D eigenvalue weighted by Gasteiger charge is 2.50. The molecule has 41 heavy (non-hydrogen) atoms. The zero-order valence-corrected chi connectivity index (χ0v) is 25.4. The van der Waals surface area contributed by atoms with E-state index in [2.05, 4.69) is 56.0 Å². The third-order valence-electron chi connectivity index (χ3n) is 10.6. The summed E-state index contributed by atoms with van der Waals surface area (Å²) >= 11 is 0. The van der Waals surface area contributed by atoms with Crippen molar-refractivity contribution in [1.82, 2.24) is 14.8 Å². The van der Waals surface area contributed by atoms with Gasteiger partial charge in [0.15, 0.2) is 0 Å². The van der Waals surface area contributed by atoms with Crippen molar-refractivity contribution >= 4 is 11.7 Å². The van der Waals surface area contributed by atoms with Gasteiger partial charge in [-0.25, -0.2) is 9.67 Å². The van der Waals surface area contributed by atoms with Crippen LogP contribution in [0.15, 0.2) is 48.8 Å². The maximum absolute atomic E-state index is 14.2. The molecule has 7 rings (SSSR count). The van der Waals surface area contributed by atoms with E-state index in [9.17, 15) is 4.79 Å². The van der Waals surface area contributed by atoms with Gasteiger partial charge in [-0.1, -0.05) is 45.2 Å². The number of nitrogens with zero attached hydrogens (tertiary/aromatic N) is 4. The maximum Gasteiger partial charge on any atom is 0.231 e. The highest BCUT2D eigenvalue weighted by atomic mass is 16.5. The highest BCUT2D eigenvalue weighted by Crippen LogP contribution is 2.58. The first-order valence-corrected chi connectivity index (χ1v) is 15.8. The molecule has 2 aromatic heterocycles. The molecule has 0 aliphatic heterocycles. The van der Waals surface area contributed by atoms with Crippen molar-refractivity contribution in [2.75, 3.05) is 18.6 Å². The van der Waals surface area contributed by atoms with E-state index in [1.54, 1.807) is 7.11 Å². The van der Waals surface area contributed by atoms with Crippen LogP contribution in [0.25, 0.3) is 5.69 Å². The summed E-state index contributed by atoms with van der Waals surface area (Å²) in [6.07, 6.45) is 16.4. The lowest BCUT2D eigenvalue weighted by Crippen LogP contribution is -2.51. The molecule has 4 saturated carbocycles. The summed E-state index contributed by atoms with van der Waals surface area (Å²) < 4.78 is 7.46. The number of carbonyl (C=O) groups is 1. The summed E-state index contributed by atoms with van der Waals surface area (Å²) in [5.74, 6) is 2.50. The van der Waals surface area contributed by atoms with Crippen molar-refractivity contribution in [1.29, 1.82) is 0 Å². The second-order valence-electron chi connectivity index (χ2n) is 13.4. The molecule has 0 spiro atoms. The van der Waals surface area contributed by atoms with E-state index in [0.717, 1.165) is 74.4 Å². The van der Waals surface area contributed by atoms with Gasteiger partial charge in [0.2, 0.25) is 5.91 Å². The normalized spacial score (nSPS) is 24.5. The Morgan fingerprint density at radius 3 is 2.39 bits per heavy atom. The first-order valence-electron chi connectivity index (χ1n) is 15.8. The van der Waals surface area contributed by atoms with E-state index in [1.807, 2.05) is 23.1 Å². The topological polar surface area (TPSA) is 60.2 Å². The third kappa shape index (κ3) is 5.42. The molecule has 4 fully saturated rings. The van der Waals surface area contributed by atoms with Crippen LogP contribution in [0.4, 0.5) is 5.82 Å². The number of fused-ring (bicyclic) bond motifs is 3. The molecular formula is C35H46N4O2. The second kappa shape index (κ2) is 11.3. The number of amides is 1. The summed E-state index contributed by atoms with van der Waals surface area (Å²) in [4.78, 5) is 21.1. The molecule has 4 aliphatic rings. The lowest BCUT2D eigenvalue weighted by atomic mass is 9.51. The molecule has 0 saturated heterocycles. The van der Waals surface area contributed by atoms with Crippen LogP contribution >= 0.6 is 0 Å². The van der Waals surface area contributed by atoms with Gasteiger partial charge in [0.05, 0.1) is 18.5 Å². The fraction of sp³-hybridized carbons (Fsp3) is 0.571. The summed E-state index contributed by atoms with van der Waals surface area (Å²) in [7, 11) is 1.75. The van der Waals surface area contributed by atoms with Crippen molar-refractivity contribution < 1.29 is 9.53 Å². The van der Waals surface area contributed by atoms with E-state index in [0.29, 0.717) is 5.92 Å². The molecule has 0 unspecified atom stereocenters. The fourth-order valence-electron chi connectivity index (χ4n) is 7.81. The standard InChI is InChI=1S/C35H46N4O2/c1-25(2)30-13-21-39(37-30)29-12-20-36-32(23-29)38(33(40)27-8-6-5-7-9-27)24-34-14-17-35(18-15-34,19-16-34)28-10-11-31(41-4)26(3)22-28/h10-13,20-23,25,27H,5-9,14-19,24H2,1-4H3. The van der Waals surface area contributed by atoms with Crippen LogP contribution in [0, 0.1) is 18.3 Å². The molecule has 2 bridgehead atoms. The minimum Gasteiger partial charge on any atom is -0.496 e. The Kier molecular flexibility index (Phi) is 7.69. The molecule has 4 aliphatic carbocycles. The zero-order valence-electron chi connectivity index (χ0n) is 25.4. The number of rotatable bonds is 8. The van der Waals surface area contributed by atoms with E-state index >= 15 is 0 Å². The lowest BCUT2D eigenvalue weighted by Gasteiger charge is -2.55. The van der Waals surface area contributed by atoms with Crippen molar-refractivity contribution in [3.63, 3.8) is 0 Å². The summed E-state index contributed by atoms with van der Waals surface area (Å²) in [6.45, 7) is 7.24. The van der Waals surface area contributed by atoms with E-state index < -0.39 is 0 Å². The Morgan fingerprint density at radius 2 is 1.76 bits per heavy atom. The van der Waals surface area contributed by atoms with E-state index in [1.165, 1.54) is 36.8 Å². The Balaban J connectivity index is 1.27. The van der Waals surface area contributed by atoms with Crippen LogP contribution < -0.4 is 9.64 Å². The summed E-state index contributed by atoms with van der Waals surface area (Å²) in [6, 6.07) is 12.9. The van der Waals surface area contributed by atoms with Crippen molar-refractivity contribution in [3.05, 3.63) is 65.6 Å². The van der Waals surface area contributed by atoms with Crippen LogP contribution in [0.2, 0.25) is 0 Å². The fourth-order valence-corrected chi connectivity index (χ4v) is 7.81. The van der Waals surface area contributed by atoms with Gasteiger partial charge < -0.3 is 4.74 Å². The van der Waals surface area contributed by atoms with Crippen molar-refractivity contribution in [2.24, 2.45) is 11.3 Å². The summed E-state index contributed by atoms with van der Waals surface area (Å²) in [5, 5.41) is 4.80. The number of anilines is 1. The van der Waals surface area contributed by atoms with Crippen LogP contribution in [-0.2, 0) is 10.2 Å². The zero-order chi connectivity index (χ0) is 28.6. The average molecular weight is 555 g/mol. The Bertz CT molecular complexity index is 1360. The van der Waals surface area contributed by atoms with Gasteiger partial charge in [-0.3, -0.25) is 9.69 Å². The number of methoxy groups -OCH3 is 1. The number of pyridine rings is 1. The number of aryl methyl sites for hydroxylation is 1. The molecule has 6 nitrogen and oxygen atoms in total. The molecule has 2 heterocycles. The lowest BCUT2D eigenvalue weighted by molar-refractivity contribution is -0.124. The average Bonchev–Trinajstić information content (AvgIpc) is 3.52. The van der Waals surface area contributed by atoms with Gasteiger partial charge >= 0.3 is 0 Å². The summed E-state index contributed by atoms with van der Waals surface area (Å²) in [5.41, 5.74) is 5.12. The smallest absolute Gasteiger partial charge is 0.231 e. The van der Waals surface area contributed by atoms with Crippen molar-refractivity contribution in [2.45, 2.75) is 103 Å². The first-order chi connectivity index (χ1) is 19.8. The number of benzene rings is 1. The molecule has 1 aromatic carbocycles. The maximum atomic E-state index is 14.2. The number of aromatic nitrogens is 3. The molecule has 0 atom stereocenters. The monoisotopic (exact) mass is 554 g/mol. The Hall–Kier alpha value is -3.15. The van der Waals surface area contributed by atoms with Gasteiger partial charge in [-0.2, -0.15) is 5.10 Å². The SMILES string of the molecule is COc1ccc(C23CCC(CN(C(=O)C4CCCCC4)c4cc(-n5ccc(C(C)C)n5)ccn4)(CC2)CC3)cc1C. The minimum absolute atomic E-state index is 0.108. The van der Waals surface area contributed by atoms with Crippen LogP contribution in [0.3, 0.4) is 0 Å².